The fraction of sp³-hybridized carbons (Fsp3) is 0.500. The van der Waals surface area contributed by atoms with E-state index in [1.165, 1.54) is 0 Å². The molecule has 2 N–H and O–H groups in total. The average Bonchev–Trinajstić information content (AvgIpc) is 2.44. The third kappa shape index (κ3) is 5.30. The molecule has 0 atom stereocenters. The second kappa shape index (κ2) is 7.62. The zero-order valence-corrected chi connectivity index (χ0v) is 12.6. The molecule has 1 saturated heterocycles. The van der Waals surface area contributed by atoms with Gasteiger partial charge < -0.3 is 15.5 Å². The summed E-state index contributed by atoms with van der Waals surface area (Å²) in [5.74, 6) is 0.124. The Morgan fingerprint density at radius 3 is 2.89 bits per heavy atom. The lowest BCUT2D eigenvalue weighted by molar-refractivity contribution is -0.121. The summed E-state index contributed by atoms with van der Waals surface area (Å²) in [5.41, 5.74) is 1.12. The van der Waals surface area contributed by atoms with Crippen molar-refractivity contribution in [3.63, 3.8) is 0 Å². The summed E-state index contributed by atoms with van der Waals surface area (Å²) in [4.78, 5) is 14.1. The minimum atomic E-state index is 0.124. The number of rotatable bonds is 5. The smallest absolute Gasteiger partial charge is 0.221 e. The van der Waals surface area contributed by atoms with Crippen molar-refractivity contribution in [1.82, 2.24) is 15.5 Å². The molecule has 0 aliphatic carbocycles. The van der Waals surface area contributed by atoms with Crippen LogP contribution in [-0.2, 0) is 11.3 Å². The third-order valence-corrected chi connectivity index (χ3v) is 3.74. The van der Waals surface area contributed by atoms with E-state index in [0.29, 0.717) is 13.0 Å². The summed E-state index contributed by atoms with van der Waals surface area (Å²) in [6, 6.07) is 8.00. The van der Waals surface area contributed by atoms with E-state index >= 15 is 0 Å². The normalized spacial score (nSPS) is 16.3. The number of nitrogens with one attached hydrogen (secondary N) is 2. The van der Waals surface area contributed by atoms with Crippen LogP contribution in [0.3, 0.4) is 0 Å². The van der Waals surface area contributed by atoms with Gasteiger partial charge in [-0.15, -0.1) is 0 Å². The summed E-state index contributed by atoms with van der Waals surface area (Å²) >= 11 is 3.43. The lowest BCUT2D eigenvalue weighted by atomic mass is 10.2. The number of benzene rings is 1. The Morgan fingerprint density at radius 2 is 2.16 bits per heavy atom. The first-order valence-corrected chi connectivity index (χ1v) is 7.47. The Bertz CT molecular complexity index is 419. The van der Waals surface area contributed by atoms with Gasteiger partial charge in [0.2, 0.25) is 5.91 Å². The molecule has 0 radical (unpaired) electrons. The molecule has 0 aromatic heterocycles. The van der Waals surface area contributed by atoms with Crippen LogP contribution >= 0.6 is 15.9 Å². The van der Waals surface area contributed by atoms with Crippen molar-refractivity contribution < 1.29 is 4.79 Å². The van der Waals surface area contributed by atoms with Crippen LogP contribution in [0, 0.1) is 0 Å². The summed E-state index contributed by atoms with van der Waals surface area (Å²) in [5, 5.41) is 6.27. The van der Waals surface area contributed by atoms with E-state index in [2.05, 4.69) is 31.5 Å². The number of amides is 1. The Hall–Kier alpha value is -0.910. The van der Waals surface area contributed by atoms with Crippen LogP contribution in [0.1, 0.15) is 12.0 Å². The molecule has 1 heterocycles. The first-order chi connectivity index (χ1) is 9.24. The molecule has 1 fully saturated rings. The minimum absolute atomic E-state index is 0.124. The maximum absolute atomic E-state index is 11.8. The van der Waals surface area contributed by atoms with Crippen molar-refractivity contribution in [2.45, 2.75) is 13.0 Å². The quantitative estimate of drug-likeness (QED) is 0.859. The first-order valence-electron chi connectivity index (χ1n) is 6.68. The molecule has 19 heavy (non-hydrogen) atoms. The summed E-state index contributed by atoms with van der Waals surface area (Å²) in [6.07, 6.45) is 0.577. The molecule has 2 rings (SSSR count). The predicted octanol–water partition coefficient (Wildman–Crippen LogP) is 1.36. The minimum Gasteiger partial charge on any atom is -0.352 e. The number of halogens is 1. The van der Waals surface area contributed by atoms with Crippen LogP contribution in [-0.4, -0.2) is 43.5 Å². The van der Waals surface area contributed by atoms with Crippen molar-refractivity contribution in [2.24, 2.45) is 0 Å². The molecule has 4 nitrogen and oxygen atoms in total. The molecular weight excluding hydrogens is 306 g/mol. The lowest BCUT2D eigenvalue weighted by Crippen LogP contribution is -2.44. The maximum atomic E-state index is 11.8. The highest BCUT2D eigenvalue weighted by atomic mass is 79.9. The number of nitrogens with zero attached hydrogens (tertiary/aromatic N) is 1. The van der Waals surface area contributed by atoms with Crippen molar-refractivity contribution in [3.8, 4) is 0 Å². The fourth-order valence-corrected chi connectivity index (χ4v) is 2.58. The average molecular weight is 326 g/mol. The van der Waals surface area contributed by atoms with E-state index in [-0.39, 0.29) is 5.91 Å². The van der Waals surface area contributed by atoms with Crippen molar-refractivity contribution >= 4 is 21.8 Å². The molecule has 1 amide bonds. The Labute approximate surface area is 122 Å². The molecule has 5 heteroatoms. The van der Waals surface area contributed by atoms with Gasteiger partial charge in [0.15, 0.2) is 0 Å². The Kier molecular flexibility index (Phi) is 5.82. The number of hydrogen-bond donors (Lipinski definition) is 2. The maximum Gasteiger partial charge on any atom is 0.221 e. The van der Waals surface area contributed by atoms with Gasteiger partial charge in [-0.05, 0) is 17.7 Å². The molecule has 0 unspecified atom stereocenters. The fourth-order valence-electron chi connectivity index (χ4n) is 2.13. The lowest BCUT2D eigenvalue weighted by Gasteiger charge is -2.26. The topological polar surface area (TPSA) is 44.4 Å². The highest BCUT2D eigenvalue weighted by molar-refractivity contribution is 9.10. The number of carbonyl (C=O) groups is 1. The molecule has 0 saturated carbocycles. The van der Waals surface area contributed by atoms with Crippen LogP contribution in [0.15, 0.2) is 28.7 Å². The summed E-state index contributed by atoms with van der Waals surface area (Å²) in [7, 11) is 0. The van der Waals surface area contributed by atoms with Gasteiger partial charge in [-0.25, -0.2) is 0 Å². The molecule has 1 aliphatic rings. The zero-order chi connectivity index (χ0) is 13.5. The van der Waals surface area contributed by atoms with Gasteiger partial charge in [0.05, 0.1) is 0 Å². The van der Waals surface area contributed by atoms with Crippen molar-refractivity contribution in [2.75, 3.05) is 32.7 Å². The van der Waals surface area contributed by atoms with Crippen LogP contribution in [0.25, 0.3) is 0 Å². The van der Waals surface area contributed by atoms with Gasteiger partial charge in [0.1, 0.15) is 0 Å². The van der Waals surface area contributed by atoms with Gasteiger partial charge >= 0.3 is 0 Å². The van der Waals surface area contributed by atoms with Crippen molar-refractivity contribution in [1.29, 1.82) is 0 Å². The van der Waals surface area contributed by atoms with Gasteiger partial charge in [-0.3, -0.25) is 4.79 Å². The van der Waals surface area contributed by atoms with E-state index in [9.17, 15) is 4.79 Å². The van der Waals surface area contributed by atoms with Crippen molar-refractivity contribution in [3.05, 3.63) is 34.3 Å². The molecule has 1 aromatic carbocycles. The van der Waals surface area contributed by atoms with E-state index < -0.39 is 0 Å². The van der Waals surface area contributed by atoms with Gasteiger partial charge in [0.25, 0.3) is 0 Å². The van der Waals surface area contributed by atoms with E-state index in [0.717, 1.165) is 42.8 Å². The Balaban J connectivity index is 1.66. The van der Waals surface area contributed by atoms with Crippen LogP contribution < -0.4 is 10.6 Å². The van der Waals surface area contributed by atoms with Crippen LogP contribution in [0.2, 0.25) is 0 Å². The second-order valence-electron chi connectivity index (χ2n) is 4.75. The summed E-state index contributed by atoms with van der Waals surface area (Å²) in [6.45, 7) is 5.59. The summed E-state index contributed by atoms with van der Waals surface area (Å²) < 4.78 is 1.04. The zero-order valence-electron chi connectivity index (χ0n) is 11.0. The molecule has 104 valence electrons. The standard InChI is InChI=1S/C14H20BrN3O/c15-13-3-1-2-12(10-13)11-17-14(19)4-7-18-8-5-16-6-9-18/h1-3,10,16H,4-9,11H2,(H,17,19). The molecule has 1 aliphatic heterocycles. The number of carbonyl (C=O) groups excluding carboxylic acids is 1. The number of hydrogen-bond acceptors (Lipinski definition) is 3. The second-order valence-corrected chi connectivity index (χ2v) is 5.66. The van der Waals surface area contributed by atoms with Gasteiger partial charge in [-0.2, -0.15) is 0 Å². The molecule has 0 bridgehead atoms. The van der Waals surface area contributed by atoms with E-state index in [1.54, 1.807) is 0 Å². The first kappa shape index (κ1) is 14.5. The predicted molar refractivity (Wildman–Crippen MR) is 79.9 cm³/mol. The molecular formula is C14H20BrN3O. The SMILES string of the molecule is O=C(CCN1CCNCC1)NCc1cccc(Br)c1. The highest BCUT2D eigenvalue weighted by Gasteiger charge is 2.10. The molecule has 1 aromatic rings. The van der Waals surface area contributed by atoms with Gasteiger partial charge in [0, 0.05) is 50.2 Å². The largest absolute Gasteiger partial charge is 0.352 e. The molecule has 0 spiro atoms. The number of piperazine rings is 1. The van der Waals surface area contributed by atoms with E-state index in [1.807, 2.05) is 24.3 Å². The van der Waals surface area contributed by atoms with Crippen LogP contribution in [0.5, 0.6) is 0 Å². The van der Waals surface area contributed by atoms with Crippen LogP contribution in [0.4, 0.5) is 0 Å². The van der Waals surface area contributed by atoms with Gasteiger partial charge in [-0.1, -0.05) is 28.1 Å². The third-order valence-electron chi connectivity index (χ3n) is 3.24. The highest BCUT2D eigenvalue weighted by Crippen LogP contribution is 2.11. The van der Waals surface area contributed by atoms with E-state index in [4.69, 9.17) is 0 Å². The Morgan fingerprint density at radius 1 is 1.37 bits per heavy atom. The monoisotopic (exact) mass is 325 g/mol.